The summed E-state index contributed by atoms with van der Waals surface area (Å²) in [5, 5.41) is 9.62. The number of aromatic nitrogens is 2. The predicted molar refractivity (Wildman–Crippen MR) is 125 cm³/mol. The first-order valence-electron chi connectivity index (χ1n) is 11.4. The molecule has 1 atom stereocenters. The van der Waals surface area contributed by atoms with E-state index in [9.17, 15) is 14.7 Å². The van der Waals surface area contributed by atoms with Crippen molar-refractivity contribution in [1.29, 1.82) is 0 Å². The van der Waals surface area contributed by atoms with Crippen LogP contribution in [0.4, 0.5) is 10.6 Å². The summed E-state index contributed by atoms with van der Waals surface area (Å²) < 4.78 is 11.4. The molecule has 0 bridgehead atoms. The molecule has 2 aromatic carbocycles. The average Bonchev–Trinajstić information content (AvgIpc) is 3.20. The van der Waals surface area contributed by atoms with Gasteiger partial charge in [-0.15, -0.1) is 0 Å². The summed E-state index contributed by atoms with van der Waals surface area (Å²) in [6.07, 6.45) is 3.79. The Balaban J connectivity index is 1.41. The van der Waals surface area contributed by atoms with Gasteiger partial charge in [0.1, 0.15) is 6.61 Å². The minimum Gasteiger partial charge on any atom is -0.476 e. The number of ether oxygens (including phenoxy) is 2. The third kappa shape index (κ3) is 4.24. The monoisotopic (exact) mass is 459 g/mol. The lowest BCUT2D eigenvalue weighted by Crippen LogP contribution is -2.40. The third-order valence-electron chi connectivity index (χ3n) is 6.39. The summed E-state index contributed by atoms with van der Waals surface area (Å²) in [6.45, 7) is 1.56. The van der Waals surface area contributed by atoms with E-state index in [-0.39, 0.29) is 36.5 Å². The summed E-state index contributed by atoms with van der Waals surface area (Å²) >= 11 is 0. The highest BCUT2D eigenvalue weighted by atomic mass is 16.6. The van der Waals surface area contributed by atoms with Crippen LogP contribution in [0.1, 0.15) is 40.4 Å². The van der Waals surface area contributed by atoms with Gasteiger partial charge in [0.2, 0.25) is 0 Å². The van der Waals surface area contributed by atoms with Crippen LogP contribution in [0.3, 0.4) is 0 Å². The topological polar surface area (TPSA) is 102 Å². The zero-order valence-corrected chi connectivity index (χ0v) is 18.6. The number of fused-ring (bicyclic) bond motifs is 3. The standard InChI is InChI=1S/C26H25N3O5/c30-25(31)23-24(28-12-11-27-23)29(14-17-6-5-13-33-15-17)26(32)34-16-22-20-9-3-1-7-18(20)19-8-2-4-10-21(19)22/h1-4,7-12,17,22H,5-6,13-16H2,(H,30,31). The fourth-order valence-corrected chi connectivity index (χ4v) is 4.81. The Hall–Kier alpha value is -3.78. The minimum atomic E-state index is -1.25. The second-order valence-corrected chi connectivity index (χ2v) is 8.53. The Morgan fingerprint density at radius 2 is 1.71 bits per heavy atom. The molecular formula is C26H25N3O5. The van der Waals surface area contributed by atoms with E-state index < -0.39 is 12.1 Å². The van der Waals surface area contributed by atoms with Crippen molar-refractivity contribution >= 4 is 17.9 Å². The maximum atomic E-state index is 13.4. The molecule has 3 aromatic rings. The number of nitrogens with zero attached hydrogens (tertiary/aromatic N) is 3. The van der Waals surface area contributed by atoms with Crippen molar-refractivity contribution in [2.75, 3.05) is 31.3 Å². The molecule has 8 nitrogen and oxygen atoms in total. The van der Waals surface area contributed by atoms with Crippen molar-refractivity contribution in [2.24, 2.45) is 5.92 Å². The molecule has 1 aliphatic carbocycles. The summed E-state index contributed by atoms with van der Waals surface area (Å²) in [5.41, 5.74) is 4.20. The summed E-state index contributed by atoms with van der Waals surface area (Å²) in [7, 11) is 0. The number of carboxylic acid groups (broad SMARTS) is 1. The smallest absolute Gasteiger partial charge is 0.415 e. The lowest BCUT2D eigenvalue weighted by molar-refractivity contribution is 0.0564. The number of rotatable bonds is 6. The van der Waals surface area contributed by atoms with Gasteiger partial charge in [-0.2, -0.15) is 0 Å². The zero-order valence-electron chi connectivity index (χ0n) is 18.6. The highest BCUT2D eigenvalue weighted by Crippen LogP contribution is 2.44. The molecule has 2 aliphatic rings. The van der Waals surface area contributed by atoms with Crippen LogP contribution in [0, 0.1) is 5.92 Å². The largest absolute Gasteiger partial charge is 0.476 e. The van der Waals surface area contributed by atoms with Crippen LogP contribution in [0.15, 0.2) is 60.9 Å². The van der Waals surface area contributed by atoms with E-state index in [4.69, 9.17) is 9.47 Å². The lowest BCUT2D eigenvalue weighted by atomic mass is 9.98. The zero-order chi connectivity index (χ0) is 23.5. The van der Waals surface area contributed by atoms with Crippen molar-refractivity contribution < 1.29 is 24.2 Å². The molecule has 174 valence electrons. The van der Waals surface area contributed by atoms with E-state index in [0.29, 0.717) is 13.2 Å². The van der Waals surface area contributed by atoms with E-state index in [2.05, 4.69) is 34.2 Å². The molecule has 1 amide bonds. The number of carbonyl (C=O) groups excluding carboxylic acids is 1. The van der Waals surface area contributed by atoms with E-state index in [1.165, 1.54) is 17.3 Å². The predicted octanol–water partition coefficient (Wildman–Crippen LogP) is 4.36. The normalized spacial score (nSPS) is 17.0. The fourth-order valence-electron chi connectivity index (χ4n) is 4.81. The van der Waals surface area contributed by atoms with E-state index in [1.807, 2.05) is 24.3 Å². The van der Waals surface area contributed by atoms with Crippen molar-refractivity contribution in [3.8, 4) is 11.1 Å². The SMILES string of the molecule is O=C(O)c1nccnc1N(CC1CCCOC1)C(=O)OCC1c2ccccc2-c2ccccc21. The van der Waals surface area contributed by atoms with Crippen molar-refractivity contribution in [3.63, 3.8) is 0 Å². The van der Waals surface area contributed by atoms with Crippen LogP contribution in [-0.2, 0) is 9.47 Å². The van der Waals surface area contributed by atoms with Gasteiger partial charge in [0.05, 0.1) is 6.61 Å². The Bertz CT molecular complexity index is 1160. The van der Waals surface area contributed by atoms with E-state index in [1.54, 1.807) is 0 Å². The molecule has 8 heteroatoms. The van der Waals surface area contributed by atoms with Crippen LogP contribution in [0.25, 0.3) is 11.1 Å². The quantitative estimate of drug-likeness (QED) is 0.584. The molecule has 1 N–H and O–H groups in total. The van der Waals surface area contributed by atoms with E-state index in [0.717, 1.165) is 35.1 Å². The number of benzene rings is 2. The number of carbonyl (C=O) groups is 2. The van der Waals surface area contributed by atoms with Gasteiger partial charge >= 0.3 is 12.1 Å². The van der Waals surface area contributed by atoms with Crippen LogP contribution >= 0.6 is 0 Å². The molecule has 5 rings (SSSR count). The molecule has 2 heterocycles. The number of carboxylic acids is 1. The van der Waals surface area contributed by atoms with Gasteiger partial charge in [-0.1, -0.05) is 48.5 Å². The Morgan fingerprint density at radius 1 is 1.03 bits per heavy atom. The van der Waals surface area contributed by atoms with Crippen molar-refractivity contribution in [2.45, 2.75) is 18.8 Å². The first kappa shape index (κ1) is 22.0. The van der Waals surface area contributed by atoms with Crippen LogP contribution in [0.2, 0.25) is 0 Å². The molecule has 1 unspecified atom stereocenters. The van der Waals surface area contributed by atoms with E-state index >= 15 is 0 Å². The highest BCUT2D eigenvalue weighted by molar-refractivity contribution is 5.97. The van der Waals surface area contributed by atoms with Gasteiger partial charge in [-0.05, 0) is 35.1 Å². The van der Waals surface area contributed by atoms with Crippen molar-refractivity contribution in [1.82, 2.24) is 9.97 Å². The third-order valence-corrected chi connectivity index (χ3v) is 6.39. The number of aromatic carboxylic acids is 1. The number of amides is 1. The lowest BCUT2D eigenvalue weighted by Gasteiger charge is -2.29. The molecule has 1 saturated heterocycles. The van der Waals surface area contributed by atoms with Crippen LogP contribution in [0.5, 0.6) is 0 Å². The van der Waals surface area contributed by atoms with Gasteiger partial charge in [-0.25, -0.2) is 19.6 Å². The van der Waals surface area contributed by atoms with Gasteiger partial charge < -0.3 is 14.6 Å². The second-order valence-electron chi connectivity index (χ2n) is 8.53. The Kier molecular flexibility index (Phi) is 6.22. The molecule has 1 aliphatic heterocycles. The number of anilines is 1. The first-order valence-corrected chi connectivity index (χ1v) is 11.4. The van der Waals surface area contributed by atoms with Gasteiger partial charge in [-0.3, -0.25) is 4.90 Å². The Morgan fingerprint density at radius 3 is 2.35 bits per heavy atom. The molecule has 0 spiro atoms. The van der Waals surface area contributed by atoms with Gasteiger partial charge in [0.15, 0.2) is 11.5 Å². The van der Waals surface area contributed by atoms with Crippen LogP contribution in [-0.4, -0.2) is 53.5 Å². The van der Waals surface area contributed by atoms with Gasteiger partial charge in [0.25, 0.3) is 0 Å². The van der Waals surface area contributed by atoms with Crippen molar-refractivity contribution in [3.05, 3.63) is 77.7 Å². The molecule has 0 saturated carbocycles. The number of hydrogen-bond donors (Lipinski definition) is 1. The summed E-state index contributed by atoms with van der Waals surface area (Å²) in [4.78, 5) is 34.6. The summed E-state index contributed by atoms with van der Waals surface area (Å²) in [6, 6.07) is 16.2. The average molecular weight is 460 g/mol. The minimum absolute atomic E-state index is 0.0159. The van der Waals surface area contributed by atoms with Gasteiger partial charge in [0, 0.05) is 37.4 Å². The second kappa shape index (κ2) is 9.61. The maximum Gasteiger partial charge on any atom is 0.415 e. The summed E-state index contributed by atoms with van der Waals surface area (Å²) in [5.74, 6) is -1.31. The maximum absolute atomic E-state index is 13.4. The molecular weight excluding hydrogens is 434 g/mol. The molecule has 1 aromatic heterocycles. The van der Waals surface area contributed by atoms with Crippen LogP contribution < -0.4 is 4.90 Å². The highest BCUT2D eigenvalue weighted by Gasteiger charge is 2.32. The Labute approximate surface area is 197 Å². The first-order chi connectivity index (χ1) is 16.6. The molecule has 1 fully saturated rings. The fraction of sp³-hybridized carbons (Fsp3) is 0.308. The molecule has 34 heavy (non-hydrogen) atoms. The molecule has 0 radical (unpaired) electrons. The number of hydrogen-bond acceptors (Lipinski definition) is 6.